The average Bonchev–Trinajstić information content (AvgIpc) is 3.20. The van der Waals surface area contributed by atoms with E-state index in [1.807, 2.05) is 59.2 Å². The first-order chi connectivity index (χ1) is 16.3. The Balaban J connectivity index is 1.58. The normalized spacial score (nSPS) is 15.4. The standard InChI is InChI=1S/C26H27N5O3/c1-17(2)14-31-24(32)22-23(28(4)26(31)33)27-25-29(15-18(3)16-30(22)25)19-10-12-21(13-11-19)34-20-8-6-5-7-9-20/h5-13,18H,1,14-16H2,2-4H3/t18-/m0/s1. The number of rotatable bonds is 5. The molecule has 8 nitrogen and oxygen atoms in total. The van der Waals surface area contributed by atoms with Crippen molar-refractivity contribution in [1.82, 2.24) is 18.7 Å². The number of anilines is 2. The van der Waals surface area contributed by atoms with Crippen LogP contribution >= 0.6 is 0 Å². The summed E-state index contributed by atoms with van der Waals surface area (Å²) in [6.45, 7) is 9.39. The monoisotopic (exact) mass is 457 g/mol. The molecule has 0 saturated heterocycles. The van der Waals surface area contributed by atoms with E-state index >= 15 is 0 Å². The zero-order valence-corrected chi connectivity index (χ0v) is 19.6. The highest BCUT2D eigenvalue weighted by atomic mass is 16.5. The average molecular weight is 458 g/mol. The molecule has 1 aliphatic heterocycles. The molecule has 1 atom stereocenters. The van der Waals surface area contributed by atoms with Gasteiger partial charge >= 0.3 is 5.69 Å². The molecular weight excluding hydrogens is 430 g/mol. The van der Waals surface area contributed by atoms with Gasteiger partial charge in [-0.2, -0.15) is 4.98 Å². The van der Waals surface area contributed by atoms with E-state index in [-0.39, 0.29) is 18.0 Å². The molecule has 2 aromatic heterocycles. The van der Waals surface area contributed by atoms with Crippen molar-refractivity contribution < 1.29 is 4.74 Å². The molecule has 0 aliphatic carbocycles. The highest BCUT2D eigenvalue weighted by molar-refractivity contribution is 5.77. The van der Waals surface area contributed by atoms with Crippen LogP contribution in [0.15, 0.2) is 76.3 Å². The van der Waals surface area contributed by atoms with Crippen molar-refractivity contribution in [3.05, 3.63) is 87.6 Å². The maximum atomic E-state index is 13.4. The highest BCUT2D eigenvalue weighted by Crippen LogP contribution is 2.34. The third kappa shape index (κ3) is 3.71. The molecule has 34 heavy (non-hydrogen) atoms. The summed E-state index contributed by atoms with van der Waals surface area (Å²) in [5, 5.41) is 0. The van der Waals surface area contributed by atoms with Gasteiger partial charge in [-0.05, 0) is 49.2 Å². The summed E-state index contributed by atoms with van der Waals surface area (Å²) in [5.74, 6) is 2.44. The molecule has 0 N–H and O–H groups in total. The van der Waals surface area contributed by atoms with Crippen LogP contribution in [-0.4, -0.2) is 25.2 Å². The predicted octanol–water partition coefficient (Wildman–Crippen LogP) is 4.05. The number of imidazole rings is 1. The van der Waals surface area contributed by atoms with Crippen LogP contribution in [-0.2, 0) is 20.1 Å². The maximum Gasteiger partial charge on any atom is 0.332 e. The van der Waals surface area contributed by atoms with Gasteiger partial charge < -0.3 is 14.2 Å². The van der Waals surface area contributed by atoms with Crippen molar-refractivity contribution in [2.75, 3.05) is 11.4 Å². The minimum absolute atomic E-state index is 0.185. The van der Waals surface area contributed by atoms with Crippen LogP contribution in [0, 0.1) is 5.92 Å². The van der Waals surface area contributed by atoms with Crippen molar-refractivity contribution in [2.45, 2.75) is 26.9 Å². The molecule has 0 spiro atoms. The van der Waals surface area contributed by atoms with Crippen molar-refractivity contribution in [3.8, 4) is 11.5 Å². The molecule has 4 aromatic rings. The first-order valence-electron chi connectivity index (χ1n) is 11.3. The summed E-state index contributed by atoms with van der Waals surface area (Å²) >= 11 is 0. The smallest absolute Gasteiger partial charge is 0.332 e. The fraction of sp³-hybridized carbons (Fsp3) is 0.269. The third-order valence-electron chi connectivity index (χ3n) is 6.00. The Kier molecular flexibility index (Phi) is 5.36. The number of aryl methyl sites for hydroxylation is 1. The lowest BCUT2D eigenvalue weighted by Crippen LogP contribution is -2.40. The summed E-state index contributed by atoms with van der Waals surface area (Å²) in [6, 6.07) is 17.4. The predicted molar refractivity (Wildman–Crippen MR) is 133 cm³/mol. The van der Waals surface area contributed by atoms with Gasteiger partial charge in [-0.15, -0.1) is 0 Å². The van der Waals surface area contributed by atoms with Gasteiger partial charge in [0.15, 0.2) is 11.2 Å². The second-order valence-corrected chi connectivity index (χ2v) is 9.01. The van der Waals surface area contributed by atoms with E-state index in [0.29, 0.717) is 23.7 Å². The molecular formula is C26H27N5O3. The largest absolute Gasteiger partial charge is 0.457 e. The number of aromatic nitrogens is 4. The Morgan fingerprint density at radius 3 is 2.41 bits per heavy atom. The second-order valence-electron chi connectivity index (χ2n) is 9.01. The second kappa shape index (κ2) is 8.37. The molecule has 0 radical (unpaired) electrons. The Bertz CT molecular complexity index is 1500. The fourth-order valence-corrected chi connectivity index (χ4v) is 4.45. The van der Waals surface area contributed by atoms with E-state index in [9.17, 15) is 9.59 Å². The molecule has 8 heteroatoms. The molecule has 0 amide bonds. The number of para-hydroxylation sites is 1. The fourth-order valence-electron chi connectivity index (χ4n) is 4.45. The number of hydrogen-bond donors (Lipinski definition) is 0. The zero-order chi connectivity index (χ0) is 24.0. The van der Waals surface area contributed by atoms with Gasteiger partial charge in [0.25, 0.3) is 5.56 Å². The molecule has 2 aromatic carbocycles. The molecule has 0 bridgehead atoms. The van der Waals surface area contributed by atoms with Crippen molar-refractivity contribution in [1.29, 1.82) is 0 Å². The van der Waals surface area contributed by atoms with E-state index in [4.69, 9.17) is 9.72 Å². The van der Waals surface area contributed by atoms with Crippen LogP contribution in [0.3, 0.4) is 0 Å². The van der Waals surface area contributed by atoms with Gasteiger partial charge in [-0.25, -0.2) is 4.79 Å². The molecule has 0 saturated carbocycles. The first kappa shape index (κ1) is 21.8. The van der Waals surface area contributed by atoms with Crippen molar-refractivity contribution in [3.63, 3.8) is 0 Å². The summed E-state index contributed by atoms with van der Waals surface area (Å²) in [5.41, 5.74) is 1.80. The Hall–Kier alpha value is -4.07. The van der Waals surface area contributed by atoms with Crippen LogP contribution in [0.2, 0.25) is 0 Å². The van der Waals surface area contributed by atoms with Crippen LogP contribution in [0.4, 0.5) is 11.6 Å². The third-order valence-corrected chi connectivity index (χ3v) is 6.00. The van der Waals surface area contributed by atoms with Gasteiger partial charge in [0.05, 0.1) is 6.54 Å². The number of nitrogens with zero attached hydrogens (tertiary/aromatic N) is 5. The molecule has 5 rings (SSSR count). The lowest BCUT2D eigenvalue weighted by atomic mass is 10.1. The maximum absolute atomic E-state index is 13.4. The molecule has 174 valence electrons. The highest BCUT2D eigenvalue weighted by Gasteiger charge is 2.29. The molecule has 0 unspecified atom stereocenters. The van der Waals surface area contributed by atoms with Crippen molar-refractivity contribution >= 4 is 22.8 Å². The number of allylic oxidation sites excluding steroid dienone is 1. The minimum atomic E-state index is -0.391. The van der Waals surface area contributed by atoms with Gasteiger partial charge in [0.2, 0.25) is 5.95 Å². The van der Waals surface area contributed by atoms with Gasteiger partial charge in [0, 0.05) is 25.8 Å². The van der Waals surface area contributed by atoms with E-state index in [2.05, 4.69) is 18.4 Å². The number of hydrogen-bond acceptors (Lipinski definition) is 5. The van der Waals surface area contributed by atoms with Crippen LogP contribution < -0.4 is 20.9 Å². The van der Waals surface area contributed by atoms with Crippen LogP contribution in [0.5, 0.6) is 11.5 Å². The Morgan fingerprint density at radius 1 is 1.06 bits per heavy atom. The van der Waals surface area contributed by atoms with Gasteiger partial charge in [-0.1, -0.05) is 37.3 Å². The SMILES string of the molecule is C=C(C)Cn1c(=O)c2c(nc3n2C[C@@H](C)CN3c2ccc(Oc3ccccc3)cc2)n(C)c1=O. The first-order valence-corrected chi connectivity index (χ1v) is 11.3. The molecule has 0 fully saturated rings. The quantitative estimate of drug-likeness (QED) is 0.423. The number of ether oxygens (including phenoxy) is 1. The zero-order valence-electron chi connectivity index (χ0n) is 19.6. The minimum Gasteiger partial charge on any atom is -0.457 e. The Morgan fingerprint density at radius 2 is 1.74 bits per heavy atom. The number of benzene rings is 2. The summed E-state index contributed by atoms with van der Waals surface area (Å²) in [6.07, 6.45) is 0. The van der Waals surface area contributed by atoms with E-state index in [1.54, 1.807) is 14.0 Å². The molecule has 1 aliphatic rings. The summed E-state index contributed by atoms with van der Waals surface area (Å²) in [7, 11) is 1.65. The van der Waals surface area contributed by atoms with E-state index in [0.717, 1.165) is 29.3 Å². The Labute approximate surface area is 197 Å². The summed E-state index contributed by atoms with van der Waals surface area (Å²) < 4.78 is 10.5. The van der Waals surface area contributed by atoms with Gasteiger partial charge in [-0.3, -0.25) is 13.9 Å². The van der Waals surface area contributed by atoms with Crippen molar-refractivity contribution in [2.24, 2.45) is 13.0 Å². The summed E-state index contributed by atoms with van der Waals surface area (Å²) in [4.78, 5) is 33.1. The lowest BCUT2D eigenvalue weighted by molar-refractivity contribution is 0.457. The molecule has 3 heterocycles. The lowest BCUT2D eigenvalue weighted by Gasteiger charge is -2.33. The van der Waals surface area contributed by atoms with Crippen LogP contribution in [0.1, 0.15) is 13.8 Å². The van der Waals surface area contributed by atoms with Crippen LogP contribution in [0.25, 0.3) is 11.2 Å². The van der Waals surface area contributed by atoms with E-state index in [1.165, 1.54) is 9.13 Å². The number of fused-ring (bicyclic) bond motifs is 3. The topological polar surface area (TPSA) is 74.3 Å². The van der Waals surface area contributed by atoms with Gasteiger partial charge in [0.1, 0.15) is 11.5 Å². The van der Waals surface area contributed by atoms with E-state index < -0.39 is 5.69 Å².